The highest BCUT2D eigenvalue weighted by Crippen LogP contribution is 2.38. The molecule has 0 bridgehead atoms. The molecule has 0 spiro atoms. The second-order valence-corrected chi connectivity index (χ2v) is 10.2. The average molecular weight is 431 g/mol. The number of amides is 2. The van der Waals surface area contributed by atoms with E-state index in [9.17, 15) is 18.0 Å². The van der Waals surface area contributed by atoms with Gasteiger partial charge in [-0.15, -0.1) is 0 Å². The van der Waals surface area contributed by atoms with Crippen molar-refractivity contribution in [3.8, 4) is 0 Å². The normalized spacial score (nSPS) is 14.4. The lowest BCUT2D eigenvalue weighted by Crippen LogP contribution is -2.41. The fourth-order valence-electron chi connectivity index (χ4n) is 2.84. The van der Waals surface area contributed by atoms with Crippen molar-refractivity contribution >= 4 is 43.3 Å². The molecule has 2 amide bonds. The van der Waals surface area contributed by atoms with Crippen LogP contribution in [0.5, 0.6) is 0 Å². The highest BCUT2D eigenvalue weighted by atomic mass is 79.9. The number of sulfone groups is 1. The Labute approximate surface area is 157 Å². The minimum Gasteiger partial charge on any atom is -0.351 e. The van der Waals surface area contributed by atoms with Crippen LogP contribution in [-0.4, -0.2) is 38.1 Å². The number of fused-ring (bicyclic) bond motifs is 1. The van der Waals surface area contributed by atoms with E-state index in [1.807, 2.05) is 26.8 Å². The molecule has 0 fully saturated rings. The van der Waals surface area contributed by atoms with Gasteiger partial charge in [0.1, 0.15) is 0 Å². The van der Waals surface area contributed by atoms with Gasteiger partial charge in [-0.1, -0.05) is 15.9 Å². The number of nitrogens with one attached hydrogen (secondary N) is 1. The summed E-state index contributed by atoms with van der Waals surface area (Å²) in [7, 11) is -3.71. The Bertz CT molecular complexity index is 813. The van der Waals surface area contributed by atoms with Crippen LogP contribution in [0.3, 0.4) is 0 Å². The number of hydrogen-bond donors (Lipinski definition) is 1. The molecule has 0 saturated carbocycles. The van der Waals surface area contributed by atoms with Crippen molar-refractivity contribution in [3.63, 3.8) is 0 Å². The zero-order valence-electron chi connectivity index (χ0n) is 14.8. The van der Waals surface area contributed by atoms with E-state index in [1.54, 1.807) is 0 Å². The topological polar surface area (TPSA) is 83.6 Å². The summed E-state index contributed by atoms with van der Waals surface area (Å²) < 4.78 is 26.3. The molecule has 0 radical (unpaired) electrons. The molecule has 1 aliphatic heterocycles. The summed E-state index contributed by atoms with van der Waals surface area (Å²) in [5.41, 5.74) is 0.859. The number of halogens is 1. The molecule has 0 aliphatic carbocycles. The molecule has 8 heteroatoms. The Morgan fingerprint density at radius 2 is 1.92 bits per heavy atom. The summed E-state index contributed by atoms with van der Waals surface area (Å²) >= 11 is 3.34. The Kier molecular flexibility index (Phi) is 5.63. The third-order valence-corrected chi connectivity index (χ3v) is 6.00. The van der Waals surface area contributed by atoms with Crippen molar-refractivity contribution in [3.05, 3.63) is 22.2 Å². The monoisotopic (exact) mass is 430 g/mol. The van der Waals surface area contributed by atoms with E-state index in [0.29, 0.717) is 23.1 Å². The van der Waals surface area contributed by atoms with Gasteiger partial charge >= 0.3 is 0 Å². The Hall–Kier alpha value is -1.41. The summed E-state index contributed by atoms with van der Waals surface area (Å²) in [4.78, 5) is 25.4. The lowest BCUT2D eigenvalue weighted by Gasteiger charge is -2.21. The lowest BCUT2D eigenvalue weighted by atomic mass is 10.1. The number of rotatable bonds is 4. The van der Waals surface area contributed by atoms with Crippen LogP contribution in [0, 0.1) is 0 Å². The van der Waals surface area contributed by atoms with E-state index < -0.39 is 15.4 Å². The van der Waals surface area contributed by atoms with Crippen molar-refractivity contribution in [2.45, 2.75) is 51.0 Å². The van der Waals surface area contributed by atoms with Gasteiger partial charge in [-0.05, 0) is 44.9 Å². The van der Waals surface area contributed by atoms with Crippen LogP contribution < -0.4 is 10.2 Å². The maximum absolute atomic E-state index is 12.8. The van der Waals surface area contributed by atoms with Crippen molar-refractivity contribution in [1.29, 1.82) is 0 Å². The van der Waals surface area contributed by atoms with Crippen molar-refractivity contribution < 1.29 is 18.0 Å². The minimum atomic E-state index is -3.71. The number of carbonyl (C=O) groups is 2. The molecular weight excluding hydrogens is 408 g/mol. The molecule has 1 heterocycles. The zero-order valence-corrected chi connectivity index (χ0v) is 17.3. The number of anilines is 1. The number of carbonyl (C=O) groups excluding carboxylic acids is 2. The third kappa shape index (κ3) is 4.82. The van der Waals surface area contributed by atoms with Crippen molar-refractivity contribution in [2.75, 3.05) is 17.2 Å². The molecule has 138 valence electrons. The molecular formula is C17H23BrN2O4S. The Morgan fingerprint density at radius 1 is 1.28 bits per heavy atom. The van der Waals surface area contributed by atoms with E-state index in [-0.39, 0.29) is 28.9 Å². The van der Waals surface area contributed by atoms with E-state index in [1.165, 1.54) is 17.9 Å². The molecule has 0 saturated heterocycles. The zero-order chi connectivity index (χ0) is 19.0. The van der Waals surface area contributed by atoms with E-state index in [0.717, 1.165) is 5.56 Å². The van der Waals surface area contributed by atoms with Gasteiger partial charge in [0.25, 0.3) is 0 Å². The van der Waals surface area contributed by atoms with E-state index >= 15 is 0 Å². The molecule has 2 rings (SSSR count). The smallest absolute Gasteiger partial charge is 0.223 e. The largest absolute Gasteiger partial charge is 0.351 e. The maximum atomic E-state index is 12.8. The molecule has 25 heavy (non-hydrogen) atoms. The van der Waals surface area contributed by atoms with Gasteiger partial charge in [-0.3, -0.25) is 9.59 Å². The van der Waals surface area contributed by atoms with Crippen LogP contribution in [0.4, 0.5) is 5.69 Å². The molecule has 1 aliphatic rings. The molecule has 0 atom stereocenters. The molecule has 0 aromatic heterocycles. The van der Waals surface area contributed by atoms with Gasteiger partial charge in [0.05, 0.1) is 16.3 Å². The first kappa shape index (κ1) is 19.9. The quantitative estimate of drug-likeness (QED) is 0.794. The van der Waals surface area contributed by atoms with E-state index in [4.69, 9.17) is 0 Å². The van der Waals surface area contributed by atoms with Gasteiger partial charge in [-0.2, -0.15) is 0 Å². The van der Waals surface area contributed by atoms with Crippen LogP contribution in [0.2, 0.25) is 0 Å². The summed E-state index contributed by atoms with van der Waals surface area (Å²) in [5, 5.41) is 2.76. The first-order valence-electron chi connectivity index (χ1n) is 8.05. The van der Waals surface area contributed by atoms with Crippen LogP contribution in [-0.2, 0) is 25.8 Å². The van der Waals surface area contributed by atoms with Crippen LogP contribution in [0.1, 0.15) is 39.7 Å². The third-order valence-electron chi connectivity index (χ3n) is 3.82. The van der Waals surface area contributed by atoms with Gasteiger partial charge < -0.3 is 10.2 Å². The van der Waals surface area contributed by atoms with E-state index in [2.05, 4.69) is 21.2 Å². The summed E-state index contributed by atoms with van der Waals surface area (Å²) in [6.45, 7) is 7.40. The lowest BCUT2D eigenvalue weighted by molar-refractivity contribution is -0.122. The minimum absolute atomic E-state index is 0.105. The predicted molar refractivity (Wildman–Crippen MR) is 100 cm³/mol. The highest BCUT2D eigenvalue weighted by Gasteiger charge is 2.31. The predicted octanol–water partition coefficient (Wildman–Crippen LogP) is 2.44. The van der Waals surface area contributed by atoms with Crippen LogP contribution in [0.15, 0.2) is 21.5 Å². The second kappa shape index (κ2) is 7.07. The Balaban J connectivity index is 2.31. The Morgan fingerprint density at radius 3 is 2.48 bits per heavy atom. The number of hydrogen-bond acceptors (Lipinski definition) is 4. The van der Waals surface area contributed by atoms with Crippen LogP contribution in [0.25, 0.3) is 0 Å². The van der Waals surface area contributed by atoms with Gasteiger partial charge in [0.15, 0.2) is 9.84 Å². The fourth-order valence-corrected chi connectivity index (χ4v) is 5.01. The van der Waals surface area contributed by atoms with Crippen molar-refractivity contribution in [2.24, 2.45) is 0 Å². The van der Waals surface area contributed by atoms with Gasteiger partial charge in [0, 0.05) is 29.9 Å². The van der Waals surface area contributed by atoms with Crippen LogP contribution >= 0.6 is 15.9 Å². The average Bonchev–Trinajstić information content (AvgIpc) is 2.86. The maximum Gasteiger partial charge on any atom is 0.223 e. The summed E-state index contributed by atoms with van der Waals surface area (Å²) in [6.07, 6.45) is 0.488. The molecule has 0 unspecified atom stereocenters. The van der Waals surface area contributed by atoms with Gasteiger partial charge in [0.2, 0.25) is 11.8 Å². The number of benzene rings is 1. The molecule has 1 aromatic rings. The standard InChI is InChI=1S/C17H23BrN2O4S/c1-11(21)20-7-5-12-9-13(18)10-14(16(12)20)25(23,24)8-6-15(22)19-17(2,3)4/h9-10H,5-8H2,1-4H3,(H,19,22). The first-order chi connectivity index (χ1) is 11.4. The van der Waals surface area contributed by atoms with Gasteiger partial charge in [-0.25, -0.2) is 8.42 Å². The van der Waals surface area contributed by atoms with Crippen molar-refractivity contribution in [1.82, 2.24) is 5.32 Å². The SMILES string of the molecule is CC(=O)N1CCc2cc(Br)cc(S(=O)(=O)CCC(=O)NC(C)(C)C)c21. The number of nitrogens with zero attached hydrogens (tertiary/aromatic N) is 1. The fraction of sp³-hybridized carbons (Fsp3) is 0.529. The molecule has 1 N–H and O–H groups in total. The molecule has 6 nitrogen and oxygen atoms in total. The summed E-state index contributed by atoms with van der Waals surface area (Å²) in [6, 6.07) is 3.35. The second-order valence-electron chi connectivity index (χ2n) is 7.20. The summed E-state index contributed by atoms with van der Waals surface area (Å²) in [5.74, 6) is -0.807. The molecule has 1 aromatic carbocycles. The first-order valence-corrected chi connectivity index (χ1v) is 10.5. The highest BCUT2D eigenvalue weighted by molar-refractivity contribution is 9.10.